The molecule has 0 saturated carbocycles. The van der Waals surface area contributed by atoms with Gasteiger partial charge in [-0.2, -0.15) is 0 Å². The Labute approximate surface area is 376 Å². The van der Waals surface area contributed by atoms with Crippen molar-refractivity contribution in [1.29, 1.82) is 0 Å². The van der Waals surface area contributed by atoms with Gasteiger partial charge in [0.15, 0.2) is 0 Å². The molecule has 8 rings (SSSR count). The number of hydrogen-bond donors (Lipinski definition) is 0. The van der Waals surface area contributed by atoms with Gasteiger partial charge < -0.3 is 0 Å². The molecule has 0 spiro atoms. The van der Waals surface area contributed by atoms with E-state index >= 15 is 0 Å². The van der Waals surface area contributed by atoms with Crippen LogP contribution in [0.15, 0.2) is 266 Å². The first-order valence-electron chi connectivity index (χ1n) is 19.4. The van der Waals surface area contributed by atoms with E-state index in [1.165, 1.54) is 42.4 Å². The van der Waals surface area contributed by atoms with Gasteiger partial charge in [-0.1, -0.05) is 146 Å². The first kappa shape index (κ1) is 45.0. The molecule has 8 aromatic rings. The Bertz CT molecular complexity index is 1880. The fourth-order valence-electron chi connectivity index (χ4n) is 6.71. The molecule has 0 heterocycles. The van der Waals surface area contributed by atoms with Crippen LogP contribution in [0.25, 0.3) is 0 Å². The van der Waals surface area contributed by atoms with Gasteiger partial charge in [0.05, 0.1) is 31.7 Å². The van der Waals surface area contributed by atoms with Crippen molar-refractivity contribution in [2.45, 2.75) is 0 Å². The number of halogens is 2. The molecule has 0 aliphatic rings. The molecular weight excluding hydrogens is 964 g/mol. The number of benzene rings is 8. The molecule has 7 heteroatoms. The first-order valence-corrected chi connectivity index (χ1v) is 31.1. The molecule has 0 bridgehead atoms. The van der Waals surface area contributed by atoms with E-state index in [4.69, 9.17) is 0 Å². The Morgan fingerprint density at radius 3 is 0.424 bits per heavy atom. The van der Waals surface area contributed by atoms with Crippen molar-refractivity contribution in [3.63, 3.8) is 0 Å². The van der Waals surface area contributed by atoms with Crippen molar-refractivity contribution in [2.24, 2.45) is 0 Å². The van der Waals surface area contributed by atoms with Crippen molar-refractivity contribution < 1.29 is 11.3 Å². The molecule has 294 valence electrons. The van der Waals surface area contributed by atoms with E-state index in [2.05, 4.69) is 294 Å². The number of hydrogen-bond acceptors (Lipinski definition) is 0. The van der Waals surface area contributed by atoms with E-state index in [9.17, 15) is 0 Å². The van der Waals surface area contributed by atoms with Crippen LogP contribution in [0.3, 0.4) is 0 Å². The van der Waals surface area contributed by atoms with Gasteiger partial charge in [0.25, 0.3) is 0 Å². The van der Waals surface area contributed by atoms with E-state index in [0.29, 0.717) is 0 Å². The monoisotopic (exact) mass is 1010 g/mol. The van der Waals surface area contributed by atoms with Gasteiger partial charge in [-0.15, -0.1) is 0 Å². The first-order chi connectivity index (χ1) is 29.2. The summed E-state index contributed by atoms with van der Waals surface area (Å²) in [5.41, 5.74) is 0. The molecule has 0 aliphatic heterocycles. The van der Waals surface area contributed by atoms with Crippen LogP contribution in [0.5, 0.6) is 0 Å². The summed E-state index contributed by atoms with van der Waals surface area (Å²) in [6.45, 7) is 0. The number of rotatable bonds is 12. The van der Waals surface area contributed by atoms with Crippen LogP contribution >= 0.6 is 59.9 Å². The third-order valence-electron chi connectivity index (χ3n) is 9.51. The maximum absolute atomic E-state index is 3.06. The van der Waals surface area contributed by atoms with Crippen molar-refractivity contribution >= 4 is 102 Å². The van der Waals surface area contributed by atoms with Crippen LogP contribution in [0.2, 0.25) is 0 Å². The summed E-state index contributed by atoms with van der Waals surface area (Å²) in [6, 6.07) is 87.5. The van der Waals surface area contributed by atoms with Crippen molar-refractivity contribution in [2.75, 3.05) is 0 Å². The Morgan fingerprint density at radius 2 is 0.322 bits per heavy atom. The minimum atomic E-state index is -0.964. The van der Waals surface area contributed by atoms with Crippen LogP contribution in [-0.2, 0) is 11.3 Å². The predicted octanol–water partition coefficient (Wildman–Crippen LogP) is 12.1. The van der Waals surface area contributed by atoms with Crippen LogP contribution in [-0.4, -0.2) is 0 Å². The second kappa shape index (κ2) is 25.9. The van der Waals surface area contributed by atoms with E-state index < -0.39 is 31.7 Å². The van der Waals surface area contributed by atoms with Crippen LogP contribution in [0, 0.1) is 0 Å². The standard InChI is InChI=1S/2C26H22P2.2BrH.Fe/c2*1-5-13-23(14-6-1)27(24-15-7-2-8-16-24)21-22-28(25-17-9-3-10-18-25)26-19-11-4-12-20-26;;;/h2*1-22H;2*1H;/q;;;;+2/p+2. The summed E-state index contributed by atoms with van der Waals surface area (Å²) in [7, 11) is -3.86. The molecular formula is C52H48Br2FeP4+4. The third-order valence-corrected chi connectivity index (χ3v) is 19.8. The molecule has 0 radical (unpaired) electrons. The fourth-order valence-corrected chi connectivity index (χ4v) is 16.7. The van der Waals surface area contributed by atoms with E-state index in [-0.39, 0.29) is 0 Å². The second-order valence-electron chi connectivity index (χ2n) is 13.3. The average Bonchev–Trinajstić information content (AvgIpc) is 3.32. The van der Waals surface area contributed by atoms with Crippen LogP contribution in [0.1, 0.15) is 0 Å². The minimum absolute atomic E-state index is 0.875. The van der Waals surface area contributed by atoms with Gasteiger partial charge in [0, 0.05) is 0 Å². The van der Waals surface area contributed by atoms with E-state index in [1.54, 1.807) is 0 Å². The summed E-state index contributed by atoms with van der Waals surface area (Å²) in [5.74, 6) is 10.0. The quantitative estimate of drug-likeness (QED) is 0.0845. The summed E-state index contributed by atoms with van der Waals surface area (Å²) < 4.78 is 0. The van der Waals surface area contributed by atoms with Gasteiger partial charge in [-0.25, -0.2) is 0 Å². The maximum atomic E-state index is 3.06. The molecule has 0 atom stereocenters. The molecule has 0 aliphatic carbocycles. The Balaban J connectivity index is 0.000000186. The van der Waals surface area contributed by atoms with Crippen LogP contribution < -0.4 is 42.4 Å². The van der Waals surface area contributed by atoms with Gasteiger partial charge >= 0.3 is 39.6 Å². The molecule has 0 saturated heterocycles. The van der Waals surface area contributed by atoms with Gasteiger partial charge in [0.2, 0.25) is 0 Å². The van der Waals surface area contributed by atoms with Crippen LogP contribution in [0.4, 0.5) is 0 Å². The molecule has 0 aromatic heterocycles. The molecule has 8 aromatic carbocycles. The van der Waals surface area contributed by atoms with Gasteiger partial charge in [0.1, 0.15) is 65.7 Å². The van der Waals surface area contributed by atoms with Gasteiger partial charge in [-0.3, -0.25) is 0 Å². The van der Waals surface area contributed by atoms with Crippen molar-refractivity contribution in [3.8, 4) is 0 Å². The average molecular weight is 1010 g/mol. The Kier molecular flexibility index (Phi) is 19.8. The summed E-state index contributed by atoms with van der Waals surface area (Å²) in [4.78, 5) is 0. The predicted molar refractivity (Wildman–Crippen MR) is 278 cm³/mol. The Hall–Kier alpha value is -3.56. The summed E-state index contributed by atoms with van der Waals surface area (Å²) >= 11 is 7.00. The zero-order valence-corrected chi connectivity index (χ0v) is 40.8. The Morgan fingerprint density at radius 1 is 0.220 bits per heavy atom. The van der Waals surface area contributed by atoms with Crippen molar-refractivity contribution in [3.05, 3.63) is 266 Å². The molecule has 0 fully saturated rings. The van der Waals surface area contributed by atoms with Crippen molar-refractivity contribution in [1.82, 2.24) is 0 Å². The van der Waals surface area contributed by atoms with E-state index in [0.717, 1.165) is 11.3 Å². The SMILES string of the molecule is C(=C[PH+](c1ccccc1)c1ccccc1)[PH+](c1ccccc1)c1ccccc1.C(=C[PH+](c1ccccc1)c1ccccc1)[PH+](c1ccccc1)c1ccccc1.[Br][Fe][Br]. The molecule has 59 heavy (non-hydrogen) atoms. The van der Waals surface area contributed by atoms with E-state index in [1.807, 2.05) is 0 Å². The zero-order chi connectivity index (χ0) is 40.7. The normalized spacial score (nSPS) is 11.2. The molecule has 0 N–H and O–H groups in total. The molecule has 0 nitrogen and oxygen atoms in total. The van der Waals surface area contributed by atoms with Gasteiger partial charge in [-0.05, 0) is 97.1 Å². The molecule has 0 amide bonds. The second-order valence-corrected chi connectivity index (χ2v) is 28.1. The zero-order valence-electron chi connectivity index (χ0n) is 32.5. The summed E-state index contributed by atoms with van der Waals surface area (Å²) in [6.07, 6.45) is 0. The fraction of sp³-hybridized carbons (Fsp3) is 0. The molecule has 0 unspecified atom stereocenters. The third kappa shape index (κ3) is 14.3. The summed E-state index contributed by atoms with van der Waals surface area (Å²) in [5, 5.41) is 11.4. The topological polar surface area (TPSA) is 0 Å².